The zero-order valence-electron chi connectivity index (χ0n) is 16.0. The summed E-state index contributed by atoms with van der Waals surface area (Å²) < 4.78 is 0. The maximum absolute atomic E-state index is 6.39. The minimum Gasteiger partial charge on any atom is -0.377 e. The number of rotatable bonds is 3. The largest absolute Gasteiger partial charge is 0.377 e. The molecule has 2 heterocycles. The maximum atomic E-state index is 6.39. The monoisotopic (exact) mass is 392 g/mol. The maximum Gasteiger partial charge on any atom is 0.214 e. The van der Waals surface area contributed by atoms with Gasteiger partial charge in [-0.25, -0.2) is 15.8 Å². The van der Waals surface area contributed by atoms with Gasteiger partial charge in [0.15, 0.2) is 11.7 Å². The summed E-state index contributed by atoms with van der Waals surface area (Å²) in [5.41, 5.74) is 4.02. The van der Waals surface area contributed by atoms with Crippen LogP contribution in [-0.4, -0.2) is 41.4 Å². The van der Waals surface area contributed by atoms with Crippen LogP contribution in [0.2, 0.25) is 0 Å². The SMILES string of the molecule is Cc1cc(N(C)C)c2cc(C3=NC(Cl)N(N)C(c4ccccc4)=N3)ccc2n1. The van der Waals surface area contributed by atoms with Gasteiger partial charge in [0.1, 0.15) is 0 Å². The van der Waals surface area contributed by atoms with Gasteiger partial charge >= 0.3 is 0 Å². The van der Waals surface area contributed by atoms with Crippen LogP contribution in [0.15, 0.2) is 64.6 Å². The Balaban J connectivity index is 1.85. The van der Waals surface area contributed by atoms with E-state index >= 15 is 0 Å². The van der Waals surface area contributed by atoms with Crippen molar-refractivity contribution >= 4 is 39.9 Å². The molecule has 0 spiro atoms. The first kappa shape index (κ1) is 18.4. The minimum absolute atomic E-state index is 0.549. The number of anilines is 1. The third-order valence-corrected chi connectivity index (χ3v) is 4.91. The van der Waals surface area contributed by atoms with Crippen LogP contribution in [0.25, 0.3) is 10.9 Å². The molecule has 0 saturated heterocycles. The number of nitrogens with zero attached hydrogens (tertiary/aromatic N) is 5. The van der Waals surface area contributed by atoms with E-state index in [1.54, 1.807) is 0 Å². The van der Waals surface area contributed by atoms with Gasteiger partial charge in [-0.05, 0) is 31.2 Å². The van der Waals surface area contributed by atoms with Gasteiger partial charge in [-0.2, -0.15) is 0 Å². The number of alkyl halides is 1. The first-order chi connectivity index (χ1) is 13.4. The van der Waals surface area contributed by atoms with Gasteiger partial charge in [-0.15, -0.1) is 0 Å². The predicted molar refractivity (Wildman–Crippen MR) is 116 cm³/mol. The Morgan fingerprint density at radius 2 is 1.79 bits per heavy atom. The van der Waals surface area contributed by atoms with Gasteiger partial charge < -0.3 is 4.90 Å². The van der Waals surface area contributed by atoms with Gasteiger partial charge in [-0.1, -0.05) is 41.9 Å². The molecule has 1 aromatic heterocycles. The molecule has 2 N–H and O–H groups in total. The molecule has 0 fully saturated rings. The number of hydrogen-bond donors (Lipinski definition) is 1. The standard InChI is InChI=1S/C21H21ClN6/c1-13-11-18(27(2)3)16-12-15(9-10-17(16)24-13)19-25-20(28(23)21(22)26-19)14-7-5-4-6-8-14/h4-12,21H,23H2,1-3H3. The summed E-state index contributed by atoms with van der Waals surface area (Å²) in [5.74, 6) is 7.25. The number of benzene rings is 2. The predicted octanol–water partition coefficient (Wildman–Crippen LogP) is 3.51. The minimum atomic E-state index is -0.733. The molecule has 4 rings (SSSR count). The van der Waals surface area contributed by atoms with E-state index in [1.807, 2.05) is 63.5 Å². The van der Waals surface area contributed by atoms with E-state index < -0.39 is 5.62 Å². The molecule has 1 aliphatic heterocycles. The lowest BCUT2D eigenvalue weighted by Gasteiger charge is -2.27. The molecule has 0 aliphatic carbocycles. The number of hydrogen-bond acceptors (Lipinski definition) is 6. The van der Waals surface area contributed by atoms with E-state index in [2.05, 4.69) is 27.0 Å². The summed E-state index contributed by atoms with van der Waals surface area (Å²) in [6.07, 6.45) is 0. The molecule has 2 aromatic carbocycles. The molecular weight excluding hydrogens is 372 g/mol. The summed E-state index contributed by atoms with van der Waals surface area (Å²) in [6, 6.07) is 17.8. The molecule has 0 amide bonds. The molecule has 1 unspecified atom stereocenters. The fraction of sp³-hybridized carbons (Fsp3) is 0.190. The van der Waals surface area contributed by atoms with E-state index in [4.69, 9.17) is 22.4 Å². The molecule has 6 nitrogen and oxygen atoms in total. The average molecular weight is 393 g/mol. The summed E-state index contributed by atoms with van der Waals surface area (Å²) in [7, 11) is 4.04. The Morgan fingerprint density at radius 1 is 1.04 bits per heavy atom. The number of fused-ring (bicyclic) bond motifs is 1. The van der Waals surface area contributed by atoms with Crippen LogP contribution >= 0.6 is 11.6 Å². The van der Waals surface area contributed by atoms with Gasteiger partial charge in [0.05, 0.1) is 5.52 Å². The van der Waals surface area contributed by atoms with Crippen molar-refractivity contribution < 1.29 is 0 Å². The Hall–Kier alpha value is -2.96. The fourth-order valence-electron chi connectivity index (χ4n) is 3.24. The molecule has 28 heavy (non-hydrogen) atoms. The van der Waals surface area contributed by atoms with Crippen molar-refractivity contribution in [3.05, 3.63) is 71.4 Å². The van der Waals surface area contributed by atoms with Crippen LogP contribution in [-0.2, 0) is 0 Å². The number of aromatic nitrogens is 1. The van der Waals surface area contributed by atoms with Crippen molar-refractivity contribution in [2.24, 2.45) is 15.8 Å². The quantitative estimate of drug-likeness (QED) is 0.420. The van der Waals surface area contributed by atoms with Crippen LogP contribution in [0.1, 0.15) is 16.8 Å². The van der Waals surface area contributed by atoms with Crippen molar-refractivity contribution in [1.29, 1.82) is 0 Å². The van der Waals surface area contributed by atoms with E-state index in [-0.39, 0.29) is 0 Å². The first-order valence-electron chi connectivity index (χ1n) is 8.93. The van der Waals surface area contributed by atoms with Crippen molar-refractivity contribution in [3.63, 3.8) is 0 Å². The smallest absolute Gasteiger partial charge is 0.214 e. The van der Waals surface area contributed by atoms with Gasteiger partial charge in [0, 0.05) is 42.0 Å². The number of aliphatic imine (C=N–C) groups is 2. The third-order valence-electron chi connectivity index (χ3n) is 4.60. The molecule has 142 valence electrons. The molecule has 7 heteroatoms. The highest BCUT2D eigenvalue weighted by Crippen LogP contribution is 2.28. The van der Waals surface area contributed by atoms with E-state index in [0.29, 0.717) is 11.7 Å². The van der Waals surface area contributed by atoms with Crippen molar-refractivity contribution in [3.8, 4) is 0 Å². The molecule has 0 radical (unpaired) electrons. The second-order valence-electron chi connectivity index (χ2n) is 6.88. The summed E-state index contributed by atoms with van der Waals surface area (Å²) in [6.45, 7) is 2.00. The second kappa shape index (κ2) is 7.22. The Morgan fingerprint density at radius 3 is 2.50 bits per heavy atom. The number of nitrogens with two attached hydrogens (primary N) is 1. The third kappa shape index (κ3) is 3.32. The van der Waals surface area contributed by atoms with Gasteiger partial charge in [0.2, 0.25) is 5.62 Å². The van der Waals surface area contributed by atoms with E-state index in [9.17, 15) is 0 Å². The second-order valence-corrected chi connectivity index (χ2v) is 7.27. The van der Waals surface area contributed by atoms with E-state index in [1.165, 1.54) is 5.01 Å². The van der Waals surface area contributed by atoms with Crippen LogP contribution in [0, 0.1) is 6.92 Å². The Kier molecular flexibility index (Phi) is 4.75. The molecule has 1 aliphatic rings. The Bertz CT molecular complexity index is 1090. The number of amidine groups is 2. The highest BCUT2D eigenvalue weighted by Gasteiger charge is 2.24. The molecule has 3 aromatic rings. The highest BCUT2D eigenvalue weighted by molar-refractivity contribution is 6.25. The summed E-state index contributed by atoms with van der Waals surface area (Å²) in [5, 5.41) is 2.41. The van der Waals surface area contributed by atoms with Crippen LogP contribution in [0.5, 0.6) is 0 Å². The fourth-order valence-corrected chi connectivity index (χ4v) is 3.42. The van der Waals surface area contributed by atoms with Crippen LogP contribution in [0.4, 0.5) is 5.69 Å². The number of halogens is 1. The highest BCUT2D eigenvalue weighted by atomic mass is 35.5. The van der Waals surface area contributed by atoms with Crippen LogP contribution in [0.3, 0.4) is 0 Å². The molecular formula is C21H21ClN6. The molecule has 0 saturated carbocycles. The number of aryl methyl sites for hydroxylation is 1. The number of hydrazine groups is 1. The van der Waals surface area contributed by atoms with E-state index in [0.717, 1.165) is 33.4 Å². The van der Waals surface area contributed by atoms with Crippen molar-refractivity contribution in [2.75, 3.05) is 19.0 Å². The summed E-state index contributed by atoms with van der Waals surface area (Å²) >= 11 is 6.39. The summed E-state index contributed by atoms with van der Waals surface area (Å²) in [4.78, 5) is 15.9. The topological polar surface area (TPSA) is 70.1 Å². The van der Waals surface area contributed by atoms with Crippen molar-refractivity contribution in [2.45, 2.75) is 12.5 Å². The van der Waals surface area contributed by atoms with Crippen molar-refractivity contribution in [1.82, 2.24) is 9.99 Å². The zero-order chi connectivity index (χ0) is 19.8. The first-order valence-corrected chi connectivity index (χ1v) is 9.36. The normalized spacial score (nSPS) is 16.8. The number of pyridine rings is 1. The zero-order valence-corrected chi connectivity index (χ0v) is 16.7. The lowest BCUT2D eigenvalue weighted by molar-refractivity contribution is 0.411. The molecule has 0 bridgehead atoms. The van der Waals surface area contributed by atoms with Gasteiger partial charge in [0.25, 0.3) is 0 Å². The average Bonchev–Trinajstić information content (AvgIpc) is 2.69. The van der Waals surface area contributed by atoms with Gasteiger partial charge in [-0.3, -0.25) is 9.99 Å². The molecule has 1 atom stereocenters. The Labute approximate surface area is 168 Å². The lowest BCUT2D eigenvalue weighted by atomic mass is 10.1. The van der Waals surface area contributed by atoms with Crippen LogP contribution < -0.4 is 10.7 Å². The lowest BCUT2D eigenvalue weighted by Crippen LogP contribution is -2.45.